The number of aryl methyl sites for hydroxylation is 1. The van der Waals surface area contributed by atoms with Gasteiger partial charge in [0, 0.05) is 32.0 Å². The number of carbonyl (C=O) groups is 1. The highest BCUT2D eigenvalue weighted by molar-refractivity contribution is 5.76. The zero-order valence-electron chi connectivity index (χ0n) is 16.2. The van der Waals surface area contributed by atoms with Crippen LogP contribution in [0.15, 0.2) is 28.8 Å². The average molecular weight is 373 g/mol. The molecule has 7 nitrogen and oxygen atoms in total. The van der Waals surface area contributed by atoms with Crippen LogP contribution >= 0.6 is 0 Å². The molecule has 0 spiro atoms. The van der Waals surface area contributed by atoms with Crippen molar-refractivity contribution in [3.8, 4) is 5.75 Å². The molecule has 0 aliphatic carbocycles. The topological polar surface area (TPSA) is 77.7 Å². The van der Waals surface area contributed by atoms with Crippen LogP contribution in [-0.4, -0.2) is 48.3 Å². The monoisotopic (exact) mass is 373 g/mol. The quantitative estimate of drug-likeness (QED) is 0.743. The summed E-state index contributed by atoms with van der Waals surface area (Å²) in [7, 11) is 3.24. The predicted octanol–water partition coefficient (Wildman–Crippen LogP) is 2.74. The number of ether oxygens (including phenoxy) is 2. The van der Waals surface area contributed by atoms with Crippen molar-refractivity contribution in [3.63, 3.8) is 0 Å². The van der Waals surface area contributed by atoms with Gasteiger partial charge >= 0.3 is 0 Å². The summed E-state index contributed by atoms with van der Waals surface area (Å²) < 4.78 is 15.5. The van der Waals surface area contributed by atoms with Gasteiger partial charge in [0.1, 0.15) is 12.4 Å². The predicted molar refractivity (Wildman–Crippen MR) is 99.5 cm³/mol. The maximum Gasteiger partial charge on any atom is 0.252 e. The van der Waals surface area contributed by atoms with Crippen molar-refractivity contribution >= 4 is 5.91 Å². The van der Waals surface area contributed by atoms with Crippen LogP contribution in [0.1, 0.15) is 43.5 Å². The van der Waals surface area contributed by atoms with Crippen LogP contribution in [0.25, 0.3) is 0 Å². The number of carbonyl (C=O) groups excluding carboxylic acids is 1. The minimum Gasteiger partial charge on any atom is -0.497 e. The summed E-state index contributed by atoms with van der Waals surface area (Å²) in [6, 6.07) is 7.85. The van der Waals surface area contributed by atoms with Crippen molar-refractivity contribution in [2.24, 2.45) is 0 Å². The molecule has 1 aliphatic rings. The van der Waals surface area contributed by atoms with Gasteiger partial charge < -0.3 is 18.9 Å². The number of hydrogen-bond donors (Lipinski definition) is 0. The van der Waals surface area contributed by atoms with Crippen molar-refractivity contribution in [1.82, 2.24) is 15.0 Å². The smallest absolute Gasteiger partial charge is 0.252 e. The normalized spacial score (nSPS) is 19.9. The van der Waals surface area contributed by atoms with Crippen molar-refractivity contribution in [3.05, 3.63) is 41.5 Å². The number of likely N-dealkylation sites (tertiary alicyclic amines) is 1. The number of benzene rings is 1. The van der Waals surface area contributed by atoms with E-state index in [0.29, 0.717) is 31.3 Å². The Balaban J connectivity index is 1.59. The standard InChI is InChI=1S/C20H27N3O4/c1-20(19-21-17(13-25-2)27-22-19)11-4-12-23(14-20)18(24)10-7-15-5-8-16(26-3)9-6-15/h5-6,8-9H,4,7,10-14H2,1-3H3/t20-/m0/s1. The van der Waals surface area contributed by atoms with E-state index < -0.39 is 0 Å². The fourth-order valence-electron chi connectivity index (χ4n) is 3.52. The molecule has 1 aromatic heterocycles. The fourth-order valence-corrected chi connectivity index (χ4v) is 3.52. The van der Waals surface area contributed by atoms with Crippen LogP contribution in [0.5, 0.6) is 5.75 Å². The summed E-state index contributed by atoms with van der Waals surface area (Å²) in [6.07, 6.45) is 3.07. The van der Waals surface area contributed by atoms with Gasteiger partial charge in [-0.05, 0) is 37.0 Å². The Morgan fingerprint density at radius 2 is 2.07 bits per heavy atom. The van der Waals surface area contributed by atoms with E-state index in [1.54, 1.807) is 14.2 Å². The summed E-state index contributed by atoms with van der Waals surface area (Å²) in [6.45, 7) is 3.78. The van der Waals surface area contributed by atoms with E-state index in [2.05, 4.69) is 17.1 Å². The molecule has 27 heavy (non-hydrogen) atoms. The van der Waals surface area contributed by atoms with Gasteiger partial charge in [-0.3, -0.25) is 4.79 Å². The fraction of sp³-hybridized carbons (Fsp3) is 0.550. The van der Waals surface area contributed by atoms with E-state index in [0.717, 1.165) is 37.1 Å². The number of hydrogen-bond acceptors (Lipinski definition) is 6. The Hall–Kier alpha value is -2.41. The van der Waals surface area contributed by atoms with Gasteiger partial charge in [0.2, 0.25) is 5.91 Å². The summed E-state index contributed by atoms with van der Waals surface area (Å²) >= 11 is 0. The highest BCUT2D eigenvalue weighted by Crippen LogP contribution is 2.32. The van der Waals surface area contributed by atoms with E-state index in [9.17, 15) is 4.79 Å². The molecule has 146 valence electrons. The first-order chi connectivity index (χ1) is 13.0. The summed E-state index contributed by atoms with van der Waals surface area (Å²) in [5, 5.41) is 4.12. The first-order valence-electron chi connectivity index (χ1n) is 9.27. The molecule has 2 heterocycles. The Morgan fingerprint density at radius 1 is 1.30 bits per heavy atom. The van der Waals surface area contributed by atoms with Gasteiger partial charge in [-0.2, -0.15) is 4.98 Å². The molecule has 0 bridgehead atoms. The Labute approximate surface area is 159 Å². The number of rotatable bonds is 7. The van der Waals surface area contributed by atoms with Crippen LogP contribution in [0.4, 0.5) is 0 Å². The Bertz CT molecular complexity index is 759. The molecule has 7 heteroatoms. The largest absolute Gasteiger partial charge is 0.497 e. The lowest BCUT2D eigenvalue weighted by Gasteiger charge is -2.38. The number of aromatic nitrogens is 2. The summed E-state index contributed by atoms with van der Waals surface area (Å²) in [5.41, 5.74) is 0.843. The Morgan fingerprint density at radius 3 is 2.78 bits per heavy atom. The van der Waals surface area contributed by atoms with Crippen LogP contribution in [0.3, 0.4) is 0 Å². The van der Waals surface area contributed by atoms with Gasteiger partial charge in [0.25, 0.3) is 5.89 Å². The first-order valence-corrected chi connectivity index (χ1v) is 9.27. The highest BCUT2D eigenvalue weighted by atomic mass is 16.5. The van der Waals surface area contributed by atoms with Gasteiger partial charge in [-0.15, -0.1) is 0 Å². The molecular weight excluding hydrogens is 346 g/mol. The van der Waals surface area contributed by atoms with Crippen molar-refractivity contribution in [1.29, 1.82) is 0 Å². The zero-order chi connectivity index (χ0) is 19.3. The zero-order valence-corrected chi connectivity index (χ0v) is 16.2. The molecule has 1 aromatic carbocycles. The molecular formula is C20H27N3O4. The van der Waals surface area contributed by atoms with Gasteiger partial charge in [-0.25, -0.2) is 0 Å². The van der Waals surface area contributed by atoms with Crippen molar-refractivity contribution < 1.29 is 18.8 Å². The van der Waals surface area contributed by atoms with E-state index in [4.69, 9.17) is 14.0 Å². The van der Waals surface area contributed by atoms with E-state index >= 15 is 0 Å². The third-order valence-corrected chi connectivity index (χ3v) is 5.11. The lowest BCUT2D eigenvalue weighted by molar-refractivity contribution is -0.133. The number of amides is 1. The molecule has 0 saturated carbocycles. The van der Waals surface area contributed by atoms with Crippen molar-refractivity contribution in [2.75, 3.05) is 27.3 Å². The second kappa shape index (κ2) is 8.52. The third-order valence-electron chi connectivity index (χ3n) is 5.11. The minimum atomic E-state index is -0.288. The molecule has 1 aliphatic heterocycles. The van der Waals surface area contributed by atoms with Crippen LogP contribution in [-0.2, 0) is 28.0 Å². The second-order valence-corrected chi connectivity index (χ2v) is 7.27. The molecule has 0 unspecified atom stereocenters. The molecule has 0 radical (unpaired) electrons. The number of piperidine rings is 1. The third kappa shape index (κ3) is 4.66. The van der Waals surface area contributed by atoms with Gasteiger partial charge in [-0.1, -0.05) is 24.2 Å². The lowest BCUT2D eigenvalue weighted by Crippen LogP contribution is -2.47. The lowest BCUT2D eigenvalue weighted by atomic mass is 9.81. The molecule has 3 rings (SSSR count). The second-order valence-electron chi connectivity index (χ2n) is 7.27. The molecule has 1 amide bonds. The summed E-state index contributed by atoms with van der Waals surface area (Å²) in [4.78, 5) is 19.1. The maximum absolute atomic E-state index is 12.7. The number of methoxy groups -OCH3 is 2. The SMILES string of the molecule is COCc1nc([C@@]2(C)CCCN(C(=O)CCc3ccc(OC)cc3)C2)no1. The van der Waals surface area contributed by atoms with Crippen LogP contribution in [0.2, 0.25) is 0 Å². The Kier molecular flexibility index (Phi) is 6.11. The first kappa shape index (κ1) is 19.4. The van der Waals surface area contributed by atoms with Crippen LogP contribution < -0.4 is 4.74 Å². The van der Waals surface area contributed by atoms with E-state index in [1.165, 1.54) is 0 Å². The summed E-state index contributed by atoms with van der Waals surface area (Å²) in [5.74, 6) is 2.11. The number of nitrogens with zero attached hydrogens (tertiary/aromatic N) is 3. The molecule has 1 atom stereocenters. The highest BCUT2D eigenvalue weighted by Gasteiger charge is 2.38. The van der Waals surface area contributed by atoms with E-state index in [-0.39, 0.29) is 11.3 Å². The maximum atomic E-state index is 12.7. The van der Waals surface area contributed by atoms with E-state index in [1.807, 2.05) is 29.2 Å². The molecule has 2 aromatic rings. The molecule has 0 N–H and O–H groups in total. The van der Waals surface area contributed by atoms with Crippen LogP contribution in [0, 0.1) is 0 Å². The molecule has 1 fully saturated rings. The van der Waals surface area contributed by atoms with Gasteiger partial charge in [0.05, 0.1) is 7.11 Å². The molecule has 1 saturated heterocycles. The van der Waals surface area contributed by atoms with Gasteiger partial charge in [0.15, 0.2) is 5.82 Å². The minimum absolute atomic E-state index is 0.164. The average Bonchev–Trinajstić information content (AvgIpc) is 3.16. The van der Waals surface area contributed by atoms with Crippen molar-refractivity contribution in [2.45, 2.75) is 44.6 Å².